The summed E-state index contributed by atoms with van der Waals surface area (Å²) in [5, 5.41) is 5.38. The highest BCUT2D eigenvalue weighted by molar-refractivity contribution is 7.89. The summed E-state index contributed by atoms with van der Waals surface area (Å²) in [5.74, 6) is 0.364. The summed E-state index contributed by atoms with van der Waals surface area (Å²) in [4.78, 5) is 12.2. The summed E-state index contributed by atoms with van der Waals surface area (Å²) in [5.41, 5.74) is 1.14. The fourth-order valence-corrected chi connectivity index (χ4v) is 2.70. The topological polar surface area (TPSA) is 86.5 Å². The van der Waals surface area contributed by atoms with Gasteiger partial charge in [-0.3, -0.25) is 4.79 Å². The molecule has 0 aliphatic rings. The van der Waals surface area contributed by atoms with Gasteiger partial charge in [-0.15, -0.1) is 0 Å². The standard InChI is InChI=1S/C15H14ClNO4S/c1-21-15-7-4-11(9-13(15)16)14(18)8-10-2-5-12(6-3-10)22(17,19)20/h2-7,9H,8H2,1H3,(H2,17,19,20). The number of methoxy groups -OCH3 is 1. The lowest BCUT2D eigenvalue weighted by molar-refractivity contribution is 0.0993. The van der Waals surface area contributed by atoms with Gasteiger partial charge in [0.05, 0.1) is 17.0 Å². The zero-order chi connectivity index (χ0) is 16.3. The summed E-state index contributed by atoms with van der Waals surface area (Å²) in [6, 6.07) is 10.7. The van der Waals surface area contributed by atoms with E-state index in [1.165, 1.54) is 19.2 Å². The normalized spacial score (nSPS) is 11.2. The first-order valence-electron chi connectivity index (χ1n) is 6.30. The Morgan fingerprint density at radius 1 is 1.18 bits per heavy atom. The molecule has 0 aromatic heterocycles. The van der Waals surface area contributed by atoms with Crippen LogP contribution in [-0.4, -0.2) is 21.3 Å². The van der Waals surface area contributed by atoms with Gasteiger partial charge in [0.1, 0.15) is 5.75 Å². The van der Waals surface area contributed by atoms with Crippen LogP contribution in [0.15, 0.2) is 47.4 Å². The number of ether oxygens (including phenoxy) is 1. The van der Waals surface area contributed by atoms with Crippen LogP contribution in [0, 0.1) is 0 Å². The van der Waals surface area contributed by atoms with E-state index in [9.17, 15) is 13.2 Å². The molecule has 2 rings (SSSR count). The first kappa shape index (κ1) is 16.5. The van der Waals surface area contributed by atoms with E-state index in [0.29, 0.717) is 21.9 Å². The molecule has 0 spiro atoms. The maximum Gasteiger partial charge on any atom is 0.238 e. The number of carbonyl (C=O) groups excluding carboxylic acids is 1. The molecule has 0 aliphatic carbocycles. The molecule has 22 heavy (non-hydrogen) atoms. The summed E-state index contributed by atoms with van der Waals surface area (Å²) in [7, 11) is -2.23. The Kier molecular flexibility index (Phi) is 4.85. The number of Topliss-reactive ketones (excluding diaryl/α,β-unsaturated/α-hetero) is 1. The lowest BCUT2D eigenvalue weighted by Crippen LogP contribution is -2.12. The van der Waals surface area contributed by atoms with Crippen LogP contribution < -0.4 is 9.88 Å². The van der Waals surface area contributed by atoms with E-state index >= 15 is 0 Å². The van der Waals surface area contributed by atoms with E-state index in [1.807, 2.05) is 0 Å². The molecule has 0 aliphatic heterocycles. The van der Waals surface area contributed by atoms with Gasteiger partial charge in [-0.25, -0.2) is 13.6 Å². The Morgan fingerprint density at radius 2 is 1.82 bits per heavy atom. The van der Waals surface area contributed by atoms with Crippen LogP contribution in [0.4, 0.5) is 0 Å². The summed E-state index contributed by atoms with van der Waals surface area (Å²) >= 11 is 5.99. The van der Waals surface area contributed by atoms with Crippen molar-refractivity contribution in [2.75, 3.05) is 7.11 Å². The summed E-state index contributed by atoms with van der Waals surface area (Å²) in [6.07, 6.45) is 0.132. The number of ketones is 1. The molecule has 0 saturated carbocycles. The molecule has 0 bridgehead atoms. The predicted molar refractivity (Wildman–Crippen MR) is 83.9 cm³/mol. The molecule has 0 atom stereocenters. The van der Waals surface area contributed by atoms with Crippen molar-refractivity contribution in [3.63, 3.8) is 0 Å². The van der Waals surface area contributed by atoms with Gasteiger partial charge in [0.25, 0.3) is 0 Å². The molecular formula is C15H14ClNO4S. The lowest BCUT2D eigenvalue weighted by atomic mass is 10.0. The molecule has 7 heteroatoms. The van der Waals surface area contributed by atoms with Gasteiger partial charge in [0.15, 0.2) is 5.78 Å². The second kappa shape index (κ2) is 6.48. The fourth-order valence-electron chi connectivity index (χ4n) is 1.92. The van der Waals surface area contributed by atoms with Crippen LogP contribution >= 0.6 is 11.6 Å². The van der Waals surface area contributed by atoms with E-state index in [-0.39, 0.29) is 17.1 Å². The molecule has 0 amide bonds. The first-order valence-corrected chi connectivity index (χ1v) is 8.22. The quantitative estimate of drug-likeness (QED) is 0.847. The van der Waals surface area contributed by atoms with Crippen molar-refractivity contribution in [2.24, 2.45) is 5.14 Å². The minimum Gasteiger partial charge on any atom is -0.495 e. The van der Waals surface area contributed by atoms with Crippen molar-refractivity contribution in [3.05, 3.63) is 58.6 Å². The number of sulfonamides is 1. The third kappa shape index (κ3) is 3.85. The van der Waals surface area contributed by atoms with Crippen molar-refractivity contribution in [2.45, 2.75) is 11.3 Å². The monoisotopic (exact) mass is 339 g/mol. The largest absolute Gasteiger partial charge is 0.495 e. The zero-order valence-corrected chi connectivity index (χ0v) is 13.3. The fraction of sp³-hybridized carbons (Fsp3) is 0.133. The number of hydrogen-bond acceptors (Lipinski definition) is 4. The van der Waals surface area contributed by atoms with E-state index in [0.717, 1.165) is 0 Å². The van der Waals surface area contributed by atoms with Gasteiger partial charge < -0.3 is 4.74 Å². The minimum absolute atomic E-state index is 0.0104. The van der Waals surface area contributed by atoms with Gasteiger partial charge in [-0.05, 0) is 35.9 Å². The SMILES string of the molecule is COc1ccc(C(=O)Cc2ccc(S(N)(=O)=O)cc2)cc1Cl. The van der Waals surface area contributed by atoms with Gasteiger partial charge >= 0.3 is 0 Å². The predicted octanol–water partition coefficient (Wildman–Crippen LogP) is 2.42. The van der Waals surface area contributed by atoms with Crippen LogP contribution in [0.1, 0.15) is 15.9 Å². The van der Waals surface area contributed by atoms with Crippen molar-refractivity contribution >= 4 is 27.4 Å². The lowest BCUT2D eigenvalue weighted by Gasteiger charge is -2.06. The molecule has 0 radical (unpaired) electrons. The average Bonchev–Trinajstić information content (AvgIpc) is 2.46. The Balaban J connectivity index is 2.17. The van der Waals surface area contributed by atoms with Crippen LogP contribution in [0.25, 0.3) is 0 Å². The molecule has 2 aromatic rings. The Labute approximate surface area is 133 Å². The highest BCUT2D eigenvalue weighted by Crippen LogP contribution is 2.25. The van der Waals surface area contributed by atoms with Crippen LogP contribution in [0.5, 0.6) is 5.75 Å². The highest BCUT2D eigenvalue weighted by atomic mass is 35.5. The second-order valence-corrected chi connectivity index (χ2v) is 6.61. The van der Waals surface area contributed by atoms with Crippen LogP contribution in [0.2, 0.25) is 5.02 Å². The molecule has 5 nitrogen and oxygen atoms in total. The summed E-state index contributed by atoms with van der Waals surface area (Å²) in [6.45, 7) is 0. The van der Waals surface area contributed by atoms with Gasteiger partial charge in [0.2, 0.25) is 10.0 Å². The number of nitrogens with two attached hydrogens (primary N) is 1. The number of benzene rings is 2. The molecule has 116 valence electrons. The molecule has 0 fully saturated rings. The Bertz CT molecular complexity index is 801. The van der Waals surface area contributed by atoms with E-state index in [1.54, 1.807) is 30.3 Å². The molecule has 0 unspecified atom stereocenters. The Hall–Kier alpha value is -1.89. The maximum atomic E-state index is 12.2. The number of rotatable bonds is 5. The Morgan fingerprint density at radius 3 is 2.32 bits per heavy atom. The van der Waals surface area contributed by atoms with Gasteiger partial charge in [-0.2, -0.15) is 0 Å². The van der Waals surface area contributed by atoms with E-state index in [2.05, 4.69) is 0 Å². The van der Waals surface area contributed by atoms with E-state index < -0.39 is 10.0 Å². The maximum absolute atomic E-state index is 12.2. The van der Waals surface area contributed by atoms with Gasteiger partial charge in [-0.1, -0.05) is 23.7 Å². The molecule has 0 heterocycles. The van der Waals surface area contributed by atoms with Crippen molar-refractivity contribution in [1.82, 2.24) is 0 Å². The van der Waals surface area contributed by atoms with Crippen molar-refractivity contribution in [3.8, 4) is 5.75 Å². The third-order valence-corrected chi connectivity index (χ3v) is 4.31. The first-order chi connectivity index (χ1) is 10.3. The number of hydrogen-bond donors (Lipinski definition) is 1. The number of halogens is 1. The number of primary sulfonamides is 1. The van der Waals surface area contributed by atoms with Crippen LogP contribution in [-0.2, 0) is 16.4 Å². The second-order valence-electron chi connectivity index (χ2n) is 4.64. The molecule has 2 N–H and O–H groups in total. The van der Waals surface area contributed by atoms with Crippen LogP contribution in [0.3, 0.4) is 0 Å². The average molecular weight is 340 g/mol. The van der Waals surface area contributed by atoms with E-state index in [4.69, 9.17) is 21.5 Å². The highest BCUT2D eigenvalue weighted by Gasteiger charge is 2.12. The number of carbonyl (C=O) groups is 1. The minimum atomic E-state index is -3.73. The van der Waals surface area contributed by atoms with Crippen molar-refractivity contribution in [1.29, 1.82) is 0 Å². The summed E-state index contributed by atoms with van der Waals surface area (Å²) < 4.78 is 27.4. The molecule has 2 aromatic carbocycles. The van der Waals surface area contributed by atoms with Gasteiger partial charge in [0, 0.05) is 12.0 Å². The third-order valence-electron chi connectivity index (χ3n) is 3.09. The smallest absolute Gasteiger partial charge is 0.238 e. The van der Waals surface area contributed by atoms with Crippen molar-refractivity contribution < 1.29 is 17.9 Å². The zero-order valence-electron chi connectivity index (χ0n) is 11.7. The molecular weight excluding hydrogens is 326 g/mol. The molecule has 0 saturated heterocycles.